The lowest BCUT2D eigenvalue weighted by Gasteiger charge is -2.26. The molecule has 0 aliphatic carbocycles. The van der Waals surface area contributed by atoms with Crippen LogP contribution < -0.4 is 14.4 Å². The summed E-state index contributed by atoms with van der Waals surface area (Å²) in [5.74, 6) is 1.37. The molecule has 0 spiro atoms. The van der Waals surface area contributed by atoms with E-state index >= 15 is 4.57 Å². The Morgan fingerprint density at radius 3 is 1.38 bits per heavy atom. The first-order valence-corrected chi connectivity index (χ1v) is 15.8. The second kappa shape index (κ2) is 14.4. The van der Waals surface area contributed by atoms with Crippen LogP contribution in [0.25, 0.3) is 0 Å². The van der Waals surface area contributed by atoms with Gasteiger partial charge in [-0.05, 0) is 78.1 Å². The molecule has 37 heavy (non-hydrogen) atoms. The zero-order valence-corrected chi connectivity index (χ0v) is 24.4. The Balaban J connectivity index is 2.19. The monoisotopic (exact) mass is 520 g/mol. The fourth-order valence-electron chi connectivity index (χ4n) is 5.10. The number of aryl methyl sites for hydroxylation is 3. The van der Waals surface area contributed by atoms with Crippen molar-refractivity contribution in [1.29, 1.82) is 0 Å². The van der Waals surface area contributed by atoms with Crippen LogP contribution in [-0.4, -0.2) is 0 Å². The van der Waals surface area contributed by atoms with Crippen molar-refractivity contribution < 1.29 is 13.6 Å². The van der Waals surface area contributed by atoms with Gasteiger partial charge >= 0.3 is 7.60 Å². The van der Waals surface area contributed by atoms with E-state index in [1.807, 2.05) is 42.5 Å². The first-order chi connectivity index (χ1) is 18.0. The second-order valence-electron chi connectivity index (χ2n) is 9.85. The lowest BCUT2D eigenvalue weighted by atomic mass is 9.99. The fourth-order valence-corrected chi connectivity index (χ4v) is 7.00. The summed E-state index contributed by atoms with van der Waals surface area (Å²) >= 11 is 0. The summed E-state index contributed by atoms with van der Waals surface area (Å²) in [5.41, 5.74) is 5.87. The van der Waals surface area contributed by atoms with Crippen LogP contribution in [0.5, 0.6) is 11.5 Å². The van der Waals surface area contributed by atoms with E-state index in [-0.39, 0.29) is 0 Å². The van der Waals surface area contributed by atoms with Gasteiger partial charge in [-0.15, -0.1) is 0 Å². The normalized spacial score (nSPS) is 11.5. The molecule has 0 radical (unpaired) electrons. The molecule has 0 N–H and O–H groups in total. The van der Waals surface area contributed by atoms with E-state index in [4.69, 9.17) is 9.05 Å². The predicted octanol–water partition coefficient (Wildman–Crippen LogP) is 9.43. The number of benzene rings is 3. The molecule has 200 valence electrons. The van der Waals surface area contributed by atoms with E-state index in [1.54, 1.807) is 0 Å². The predicted molar refractivity (Wildman–Crippen MR) is 158 cm³/mol. The SMILES string of the molecule is CCCc1ccccc1P(=O)(Oc1cccc(CCC)c1CCC)Oc1cccc(CCC)c1CCC. The molecule has 3 aromatic carbocycles. The quantitative estimate of drug-likeness (QED) is 0.187. The molecule has 0 heterocycles. The van der Waals surface area contributed by atoms with Crippen molar-refractivity contribution in [2.45, 2.75) is 98.8 Å². The van der Waals surface area contributed by atoms with Gasteiger partial charge in [0.2, 0.25) is 0 Å². The van der Waals surface area contributed by atoms with Gasteiger partial charge in [-0.2, -0.15) is 0 Å². The van der Waals surface area contributed by atoms with Gasteiger partial charge in [0.1, 0.15) is 11.5 Å². The topological polar surface area (TPSA) is 35.5 Å². The van der Waals surface area contributed by atoms with E-state index in [9.17, 15) is 0 Å². The first-order valence-electron chi connectivity index (χ1n) is 14.3. The van der Waals surface area contributed by atoms with Gasteiger partial charge in [-0.25, -0.2) is 4.57 Å². The van der Waals surface area contributed by atoms with Gasteiger partial charge in [0.05, 0.1) is 5.30 Å². The Morgan fingerprint density at radius 2 is 0.919 bits per heavy atom. The minimum atomic E-state index is -3.76. The van der Waals surface area contributed by atoms with Gasteiger partial charge in [0.15, 0.2) is 0 Å². The largest absolute Gasteiger partial charge is 0.463 e. The molecule has 0 atom stereocenters. The van der Waals surface area contributed by atoms with E-state index < -0.39 is 7.60 Å². The van der Waals surface area contributed by atoms with Gasteiger partial charge in [0.25, 0.3) is 0 Å². The van der Waals surface area contributed by atoms with Crippen molar-refractivity contribution in [2.75, 3.05) is 0 Å². The van der Waals surface area contributed by atoms with Crippen LogP contribution in [0.3, 0.4) is 0 Å². The Bertz CT molecular complexity index is 1120. The number of hydrogen-bond acceptors (Lipinski definition) is 3. The molecule has 0 bridgehead atoms. The molecule has 0 aliphatic rings. The average molecular weight is 521 g/mol. The Hall–Kier alpha value is -2.51. The second-order valence-corrected chi connectivity index (χ2v) is 11.7. The van der Waals surface area contributed by atoms with Crippen molar-refractivity contribution >= 4 is 12.9 Å². The minimum absolute atomic E-state index is 0.670. The maximum atomic E-state index is 15.1. The zero-order valence-electron chi connectivity index (χ0n) is 23.5. The third-order valence-corrected chi connectivity index (χ3v) is 8.64. The smallest absolute Gasteiger partial charge is 0.413 e. The molecule has 0 aromatic heterocycles. The molecule has 4 heteroatoms. The number of hydrogen-bond donors (Lipinski definition) is 0. The third-order valence-electron chi connectivity index (χ3n) is 6.74. The molecule has 0 saturated heterocycles. The molecule has 3 nitrogen and oxygen atoms in total. The Morgan fingerprint density at radius 1 is 0.514 bits per heavy atom. The van der Waals surface area contributed by atoms with Crippen molar-refractivity contribution in [1.82, 2.24) is 0 Å². The zero-order chi connectivity index (χ0) is 26.7. The van der Waals surface area contributed by atoms with Gasteiger partial charge in [0, 0.05) is 0 Å². The molecular weight excluding hydrogens is 475 g/mol. The van der Waals surface area contributed by atoms with E-state index in [0.717, 1.165) is 80.9 Å². The van der Waals surface area contributed by atoms with Crippen LogP contribution in [0.4, 0.5) is 0 Å². The first kappa shape index (κ1) is 29.1. The molecule has 0 fully saturated rings. The highest BCUT2D eigenvalue weighted by molar-refractivity contribution is 7.63. The van der Waals surface area contributed by atoms with Crippen LogP contribution in [0.2, 0.25) is 0 Å². The summed E-state index contributed by atoms with van der Waals surface area (Å²) in [5, 5.41) is 0.670. The highest BCUT2D eigenvalue weighted by Crippen LogP contribution is 2.51. The van der Waals surface area contributed by atoms with E-state index in [1.165, 1.54) is 11.1 Å². The minimum Gasteiger partial charge on any atom is -0.413 e. The lowest BCUT2D eigenvalue weighted by molar-refractivity contribution is 0.394. The summed E-state index contributed by atoms with van der Waals surface area (Å²) in [6.45, 7) is 10.9. The van der Waals surface area contributed by atoms with Crippen LogP contribution >= 0.6 is 7.60 Å². The van der Waals surface area contributed by atoms with Crippen molar-refractivity contribution in [3.05, 3.63) is 88.5 Å². The maximum Gasteiger partial charge on any atom is 0.463 e. The van der Waals surface area contributed by atoms with Crippen LogP contribution in [-0.2, 0) is 36.7 Å². The molecule has 0 amide bonds. The molecule has 3 rings (SSSR count). The third kappa shape index (κ3) is 7.29. The summed E-state index contributed by atoms with van der Waals surface area (Å²) in [6.07, 6.45) is 9.59. The van der Waals surface area contributed by atoms with Crippen LogP contribution in [0.15, 0.2) is 60.7 Å². The molecular formula is C33H45O3P. The van der Waals surface area contributed by atoms with Crippen molar-refractivity contribution in [3.63, 3.8) is 0 Å². The molecule has 0 aliphatic heterocycles. The van der Waals surface area contributed by atoms with E-state index in [2.05, 4.69) is 52.8 Å². The van der Waals surface area contributed by atoms with E-state index in [0.29, 0.717) is 16.8 Å². The Kier molecular flexibility index (Phi) is 11.3. The van der Waals surface area contributed by atoms with Crippen LogP contribution in [0.1, 0.15) is 94.5 Å². The summed E-state index contributed by atoms with van der Waals surface area (Å²) in [7, 11) is -3.76. The molecule has 0 unspecified atom stereocenters. The average Bonchev–Trinajstić information content (AvgIpc) is 2.89. The standard InChI is InChI=1S/C33H45O3P/c1-6-15-26-21-13-23-31(29(26)18-9-4)35-37(34,33-25-12-11-20-28(33)17-8-3)36-32-24-14-22-27(16-7-2)30(32)19-10-5/h11-14,20-25H,6-10,15-19H2,1-5H3. The Labute approximate surface area is 225 Å². The number of rotatable bonds is 15. The summed E-state index contributed by atoms with van der Waals surface area (Å²) in [4.78, 5) is 0. The molecule has 3 aromatic rings. The summed E-state index contributed by atoms with van der Waals surface area (Å²) in [6, 6.07) is 20.2. The lowest BCUT2D eigenvalue weighted by Crippen LogP contribution is -2.20. The maximum absolute atomic E-state index is 15.1. The highest BCUT2D eigenvalue weighted by Gasteiger charge is 2.35. The fraction of sp³-hybridized carbons (Fsp3) is 0.455. The van der Waals surface area contributed by atoms with Gasteiger partial charge in [-0.3, -0.25) is 0 Å². The van der Waals surface area contributed by atoms with Gasteiger partial charge < -0.3 is 9.05 Å². The highest BCUT2D eigenvalue weighted by atomic mass is 31.2. The summed E-state index contributed by atoms with van der Waals surface area (Å²) < 4.78 is 28.3. The molecule has 0 saturated carbocycles. The van der Waals surface area contributed by atoms with Crippen LogP contribution in [0, 0.1) is 0 Å². The van der Waals surface area contributed by atoms with Crippen molar-refractivity contribution in [2.24, 2.45) is 0 Å². The van der Waals surface area contributed by atoms with Gasteiger partial charge in [-0.1, -0.05) is 109 Å². The van der Waals surface area contributed by atoms with Crippen molar-refractivity contribution in [3.8, 4) is 11.5 Å².